The lowest BCUT2D eigenvalue weighted by Gasteiger charge is -2.08. The molecule has 17 heavy (non-hydrogen) atoms. The smallest absolute Gasteiger partial charge is 0.195 e. The van der Waals surface area contributed by atoms with Crippen LogP contribution in [-0.4, -0.2) is 18.5 Å². The Balaban J connectivity index is 2.18. The fourth-order valence-electron chi connectivity index (χ4n) is 1.44. The number of aryl methyl sites for hydroxylation is 2. The van der Waals surface area contributed by atoms with Crippen molar-refractivity contribution in [2.75, 3.05) is 6.54 Å². The summed E-state index contributed by atoms with van der Waals surface area (Å²) in [5.41, 5.74) is 7.65. The normalized spacial score (nSPS) is 9.71. The molecule has 0 radical (unpaired) electrons. The minimum Gasteiger partial charge on any atom is -0.370 e. The first kappa shape index (κ1) is 13.0. The molecular weight excluding hydrogens is 214 g/mol. The van der Waals surface area contributed by atoms with Crippen molar-refractivity contribution in [2.24, 2.45) is 5.73 Å². The number of hydrogen-bond donors (Lipinski definition) is 5. The molecule has 0 amide bonds. The SMILES string of the molecule is Cc1ccc(CCCNC(=N)NC(=N)N)cc1. The predicted octanol–water partition coefficient (Wildman–Crippen LogP) is 0.935. The predicted molar refractivity (Wildman–Crippen MR) is 70.3 cm³/mol. The van der Waals surface area contributed by atoms with Gasteiger partial charge >= 0.3 is 0 Å². The Morgan fingerprint density at radius 2 is 1.88 bits per heavy atom. The highest BCUT2D eigenvalue weighted by molar-refractivity contribution is 5.94. The summed E-state index contributed by atoms with van der Waals surface area (Å²) in [6, 6.07) is 8.44. The molecule has 0 aliphatic carbocycles. The topological polar surface area (TPSA) is 97.8 Å². The fourth-order valence-corrected chi connectivity index (χ4v) is 1.44. The molecule has 0 spiro atoms. The molecule has 0 aliphatic rings. The lowest BCUT2D eigenvalue weighted by Crippen LogP contribution is -2.43. The van der Waals surface area contributed by atoms with E-state index >= 15 is 0 Å². The van der Waals surface area contributed by atoms with Crippen molar-refractivity contribution in [3.63, 3.8) is 0 Å². The van der Waals surface area contributed by atoms with Gasteiger partial charge in [0, 0.05) is 6.54 Å². The number of benzene rings is 1. The molecule has 92 valence electrons. The molecule has 1 rings (SSSR count). The molecule has 0 heterocycles. The summed E-state index contributed by atoms with van der Waals surface area (Å²) < 4.78 is 0. The maximum Gasteiger partial charge on any atom is 0.195 e. The Kier molecular flexibility index (Phi) is 5.00. The van der Waals surface area contributed by atoms with Gasteiger partial charge in [0.1, 0.15) is 0 Å². The Morgan fingerprint density at radius 1 is 1.24 bits per heavy atom. The third kappa shape index (κ3) is 5.55. The average molecular weight is 233 g/mol. The quantitative estimate of drug-likeness (QED) is 0.304. The highest BCUT2D eigenvalue weighted by Gasteiger charge is 1.96. The monoisotopic (exact) mass is 233 g/mol. The van der Waals surface area contributed by atoms with Crippen molar-refractivity contribution < 1.29 is 0 Å². The Morgan fingerprint density at radius 3 is 2.47 bits per heavy atom. The van der Waals surface area contributed by atoms with Gasteiger partial charge in [-0.05, 0) is 25.3 Å². The van der Waals surface area contributed by atoms with E-state index in [0.29, 0.717) is 6.54 Å². The van der Waals surface area contributed by atoms with Gasteiger partial charge in [-0.3, -0.25) is 16.1 Å². The highest BCUT2D eigenvalue weighted by Crippen LogP contribution is 2.05. The summed E-state index contributed by atoms with van der Waals surface area (Å²) in [7, 11) is 0. The second kappa shape index (κ2) is 6.52. The van der Waals surface area contributed by atoms with E-state index in [9.17, 15) is 0 Å². The molecule has 1 aromatic rings. The largest absolute Gasteiger partial charge is 0.370 e. The molecular formula is C12H19N5. The van der Waals surface area contributed by atoms with Crippen molar-refractivity contribution in [2.45, 2.75) is 19.8 Å². The van der Waals surface area contributed by atoms with Gasteiger partial charge < -0.3 is 11.1 Å². The second-order valence-electron chi connectivity index (χ2n) is 3.93. The van der Waals surface area contributed by atoms with E-state index in [1.807, 2.05) is 0 Å². The van der Waals surface area contributed by atoms with Crippen molar-refractivity contribution in [3.8, 4) is 0 Å². The molecule has 0 saturated carbocycles. The van der Waals surface area contributed by atoms with Gasteiger partial charge in [-0.25, -0.2) is 0 Å². The lowest BCUT2D eigenvalue weighted by atomic mass is 10.1. The number of guanidine groups is 2. The Hall–Kier alpha value is -2.04. The van der Waals surface area contributed by atoms with Gasteiger partial charge in [-0.1, -0.05) is 29.8 Å². The summed E-state index contributed by atoms with van der Waals surface area (Å²) in [5, 5.41) is 19.6. The molecule has 1 aromatic carbocycles. The van der Waals surface area contributed by atoms with Crippen molar-refractivity contribution in [1.82, 2.24) is 10.6 Å². The first-order valence-corrected chi connectivity index (χ1v) is 5.57. The molecule has 0 atom stereocenters. The van der Waals surface area contributed by atoms with E-state index in [2.05, 4.69) is 41.8 Å². The summed E-state index contributed by atoms with van der Waals surface area (Å²) in [6.07, 6.45) is 1.91. The Bertz CT molecular complexity index is 382. The average Bonchev–Trinajstić information content (AvgIpc) is 2.26. The standard InChI is InChI=1S/C12H19N5/c1-9-4-6-10(7-5-9)3-2-8-16-12(15)17-11(13)14/h4-7H,2-3,8H2,1H3,(H6,13,14,15,16,17). The van der Waals surface area contributed by atoms with Gasteiger partial charge in [-0.15, -0.1) is 0 Å². The van der Waals surface area contributed by atoms with Crippen LogP contribution in [0.25, 0.3) is 0 Å². The van der Waals surface area contributed by atoms with Crippen LogP contribution in [0.2, 0.25) is 0 Å². The van der Waals surface area contributed by atoms with Crippen LogP contribution in [0, 0.1) is 17.7 Å². The molecule has 5 heteroatoms. The highest BCUT2D eigenvalue weighted by atomic mass is 15.2. The third-order valence-electron chi connectivity index (χ3n) is 2.32. The van der Waals surface area contributed by atoms with E-state index < -0.39 is 0 Å². The maximum absolute atomic E-state index is 7.39. The van der Waals surface area contributed by atoms with Gasteiger partial charge in [0.25, 0.3) is 0 Å². The van der Waals surface area contributed by atoms with Crippen LogP contribution >= 0.6 is 0 Å². The molecule has 0 saturated heterocycles. The first-order valence-electron chi connectivity index (χ1n) is 5.57. The number of nitrogens with one attached hydrogen (secondary N) is 4. The van der Waals surface area contributed by atoms with Crippen molar-refractivity contribution in [3.05, 3.63) is 35.4 Å². The van der Waals surface area contributed by atoms with Crippen molar-refractivity contribution in [1.29, 1.82) is 10.8 Å². The summed E-state index contributed by atoms with van der Waals surface area (Å²) >= 11 is 0. The second-order valence-corrected chi connectivity index (χ2v) is 3.93. The van der Waals surface area contributed by atoms with Crippen LogP contribution in [0.3, 0.4) is 0 Å². The third-order valence-corrected chi connectivity index (χ3v) is 2.32. The molecule has 0 aliphatic heterocycles. The number of hydrogen-bond acceptors (Lipinski definition) is 2. The van der Waals surface area contributed by atoms with Crippen LogP contribution in [0.4, 0.5) is 0 Å². The van der Waals surface area contributed by atoms with E-state index in [4.69, 9.17) is 16.6 Å². The minimum atomic E-state index is -0.221. The Labute approximate surface area is 101 Å². The maximum atomic E-state index is 7.39. The molecule has 6 N–H and O–H groups in total. The molecule has 0 aromatic heterocycles. The zero-order valence-electron chi connectivity index (χ0n) is 10.0. The summed E-state index contributed by atoms with van der Waals surface area (Å²) in [6.45, 7) is 2.76. The zero-order valence-corrected chi connectivity index (χ0v) is 10.0. The van der Waals surface area contributed by atoms with Crippen LogP contribution in [0.15, 0.2) is 24.3 Å². The molecule has 0 fully saturated rings. The molecule has 0 bridgehead atoms. The van der Waals surface area contributed by atoms with Crippen LogP contribution in [0.1, 0.15) is 17.5 Å². The van der Waals surface area contributed by atoms with E-state index in [1.165, 1.54) is 11.1 Å². The van der Waals surface area contributed by atoms with Gasteiger partial charge in [0.05, 0.1) is 0 Å². The van der Waals surface area contributed by atoms with Gasteiger partial charge in [-0.2, -0.15) is 0 Å². The number of rotatable bonds is 4. The van der Waals surface area contributed by atoms with Gasteiger partial charge in [0.2, 0.25) is 0 Å². The molecule has 5 nitrogen and oxygen atoms in total. The fraction of sp³-hybridized carbons (Fsp3) is 0.333. The van der Waals surface area contributed by atoms with E-state index in [1.54, 1.807) is 0 Å². The van der Waals surface area contributed by atoms with Crippen LogP contribution in [0.5, 0.6) is 0 Å². The number of nitrogens with two attached hydrogens (primary N) is 1. The first-order chi connectivity index (χ1) is 8.08. The lowest BCUT2D eigenvalue weighted by molar-refractivity contribution is 0.761. The van der Waals surface area contributed by atoms with Crippen LogP contribution < -0.4 is 16.4 Å². The zero-order chi connectivity index (χ0) is 12.7. The minimum absolute atomic E-state index is 0.0707. The van der Waals surface area contributed by atoms with E-state index in [0.717, 1.165) is 12.8 Å². The van der Waals surface area contributed by atoms with Crippen LogP contribution in [-0.2, 0) is 6.42 Å². The molecule has 0 unspecified atom stereocenters. The summed E-state index contributed by atoms with van der Waals surface area (Å²) in [4.78, 5) is 0. The summed E-state index contributed by atoms with van der Waals surface area (Å²) in [5.74, 6) is -0.151. The van der Waals surface area contributed by atoms with Crippen molar-refractivity contribution >= 4 is 11.9 Å². The van der Waals surface area contributed by atoms with E-state index in [-0.39, 0.29) is 11.9 Å². The van der Waals surface area contributed by atoms with Gasteiger partial charge in [0.15, 0.2) is 11.9 Å².